The molecule has 0 saturated heterocycles. The van der Waals surface area contributed by atoms with E-state index in [1.807, 2.05) is 26.8 Å². The molecule has 106 valence electrons. The Morgan fingerprint density at radius 2 is 2.05 bits per heavy atom. The molecule has 3 nitrogen and oxygen atoms in total. The van der Waals surface area contributed by atoms with Gasteiger partial charge in [0.25, 0.3) is 0 Å². The molecular weight excluding hydrogens is 306 g/mol. The maximum absolute atomic E-state index is 10.8. The third kappa shape index (κ3) is 2.81. The lowest BCUT2D eigenvalue weighted by molar-refractivity contribution is -0.0493. The second-order valence-corrected chi connectivity index (χ2v) is 7.23. The van der Waals surface area contributed by atoms with Crippen LogP contribution in [0.15, 0.2) is 16.6 Å². The van der Waals surface area contributed by atoms with Crippen LogP contribution in [-0.2, 0) is 12.8 Å². The van der Waals surface area contributed by atoms with E-state index in [4.69, 9.17) is 10.5 Å². The number of hydrogen-bond donors (Lipinski definition) is 2. The molecule has 0 aromatic heterocycles. The van der Waals surface area contributed by atoms with Crippen LogP contribution in [0.4, 0.5) is 0 Å². The lowest BCUT2D eigenvalue weighted by Gasteiger charge is -2.40. The molecule has 1 unspecified atom stereocenters. The minimum Gasteiger partial charge on any atom is -0.493 e. The fourth-order valence-electron chi connectivity index (χ4n) is 2.44. The molecule has 1 aromatic rings. The number of rotatable bonds is 3. The molecule has 0 aliphatic carbocycles. The third-order valence-corrected chi connectivity index (χ3v) is 4.50. The Bertz CT molecular complexity index is 482. The number of ether oxygens (including phenoxy) is 1. The van der Waals surface area contributed by atoms with Gasteiger partial charge < -0.3 is 15.6 Å². The van der Waals surface area contributed by atoms with Crippen LogP contribution in [0.5, 0.6) is 5.75 Å². The molecule has 4 heteroatoms. The Kier molecular flexibility index (Phi) is 3.96. The van der Waals surface area contributed by atoms with E-state index in [2.05, 4.69) is 22.0 Å². The lowest BCUT2D eigenvalue weighted by Crippen LogP contribution is -2.50. The fraction of sp³-hybridized carbons (Fsp3) is 0.600. The van der Waals surface area contributed by atoms with Gasteiger partial charge in [-0.2, -0.15) is 0 Å². The molecule has 1 atom stereocenters. The van der Waals surface area contributed by atoms with Crippen molar-refractivity contribution in [2.24, 2.45) is 11.1 Å². The Morgan fingerprint density at radius 3 is 2.63 bits per heavy atom. The molecule has 0 amide bonds. The minimum atomic E-state index is -0.937. The summed E-state index contributed by atoms with van der Waals surface area (Å²) in [7, 11) is 0. The van der Waals surface area contributed by atoms with Crippen LogP contribution in [0.25, 0.3) is 0 Å². The van der Waals surface area contributed by atoms with Crippen molar-refractivity contribution in [2.45, 2.75) is 39.2 Å². The van der Waals surface area contributed by atoms with Gasteiger partial charge in [-0.1, -0.05) is 36.7 Å². The average molecular weight is 328 g/mol. The zero-order valence-electron chi connectivity index (χ0n) is 11.8. The first-order valence-electron chi connectivity index (χ1n) is 6.63. The van der Waals surface area contributed by atoms with E-state index in [9.17, 15) is 5.11 Å². The number of aliphatic hydroxyl groups is 1. The van der Waals surface area contributed by atoms with Crippen LogP contribution >= 0.6 is 15.9 Å². The molecule has 1 heterocycles. The third-order valence-electron chi connectivity index (χ3n) is 4.04. The molecule has 0 radical (unpaired) electrons. The first-order chi connectivity index (χ1) is 8.77. The minimum absolute atomic E-state index is 0.234. The molecule has 19 heavy (non-hydrogen) atoms. The molecule has 2 rings (SSSR count). The van der Waals surface area contributed by atoms with E-state index >= 15 is 0 Å². The predicted octanol–water partition coefficient (Wildman–Crippen LogP) is 2.66. The van der Waals surface area contributed by atoms with Gasteiger partial charge in [0.05, 0.1) is 12.2 Å². The van der Waals surface area contributed by atoms with Gasteiger partial charge in [-0.25, -0.2) is 0 Å². The summed E-state index contributed by atoms with van der Waals surface area (Å²) in [5.74, 6) is 0.930. The van der Waals surface area contributed by atoms with Crippen molar-refractivity contribution in [3.63, 3.8) is 0 Å². The summed E-state index contributed by atoms with van der Waals surface area (Å²) in [4.78, 5) is 0. The largest absolute Gasteiger partial charge is 0.493 e. The lowest BCUT2D eigenvalue weighted by atomic mass is 9.73. The number of fused-ring (bicyclic) bond motifs is 1. The van der Waals surface area contributed by atoms with Crippen LogP contribution in [0.2, 0.25) is 0 Å². The number of hydrogen-bond acceptors (Lipinski definition) is 3. The van der Waals surface area contributed by atoms with Gasteiger partial charge in [0.15, 0.2) is 0 Å². The molecule has 0 saturated carbocycles. The molecule has 1 aliphatic heterocycles. The molecule has 3 N–H and O–H groups in total. The Labute approximate surface area is 123 Å². The predicted molar refractivity (Wildman–Crippen MR) is 80.5 cm³/mol. The van der Waals surface area contributed by atoms with Crippen molar-refractivity contribution >= 4 is 15.9 Å². The molecular formula is C15H22BrNO2. The van der Waals surface area contributed by atoms with Gasteiger partial charge in [0, 0.05) is 23.9 Å². The number of nitrogens with two attached hydrogens (primary N) is 1. The zero-order valence-corrected chi connectivity index (χ0v) is 13.4. The summed E-state index contributed by atoms with van der Waals surface area (Å²) in [5, 5.41) is 10.8. The molecule has 0 bridgehead atoms. The van der Waals surface area contributed by atoms with Gasteiger partial charge in [0.1, 0.15) is 5.75 Å². The molecule has 1 aromatic carbocycles. The Hall–Kier alpha value is -0.580. The van der Waals surface area contributed by atoms with Crippen molar-refractivity contribution in [2.75, 3.05) is 13.2 Å². The summed E-state index contributed by atoms with van der Waals surface area (Å²) in [5.41, 5.74) is 6.84. The summed E-state index contributed by atoms with van der Waals surface area (Å²) >= 11 is 3.53. The highest BCUT2D eigenvalue weighted by Gasteiger charge is 2.40. The Morgan fingerprint density at radius 1 is 1.37 bits per heavy atom. The van der Waals surface area contributed by atoms with Crippen LogP contribution in [0.3, 0.4) is 0 Å². The van der Waals surface area contributed by atoms with Crippen LogP contribution in [-0.4, -0.2) is 23.9 Å². The van der Waals surface area contributed by atoms with Crippen molar-refractivity contribution in [3.05, 3.63) is 27.7 Å². The average Bonchev–Trinajstić information content (AvgIpc) is 2.75. The number of halogens is 1. The second kappa shape index (κ2) is 5.08. The SMILES string of the molecule is CC(C)(C)C(O)(CN)Cc1cc(Br)cc2c1OCC2. The molecule has 1 aliphatic rings. The van der Waals surface area contributed by atoms with Crippen LogP contribution in [0, 0.1) is 5.41 Å². The van der Waals surface area contributed by atoms with E-state index in [0.717, 1.165) is 28.8 Å². The van der Waals surface area contributed by atoms with Gasteiger partial charge in [-0.15, -0.1) is 0 Å². The van der Waals surface area contributed by atoms with Crippen LogP contribution in [0.1, 0.15) is 31.9 Å². The smallest absolute Gasteiger partial charge is 0.125 e. The second-order valence-electron chi connectivity index (χ2n) is 6.31. The van der Waals surface area contributed by atoms with Crippen molar-refractivity contribution in [1.29, 1.82) is 0 Å². The summed E-state index contributed by atoms with van der Waals surface area (Å²) in [6, 6.07) is 4.11. The first-order valence-corrected chi connectivity index (χ1v) is 7.43. The maximum atomic E-state index is 10.8. The van der Waals surface area contributed by atoms with E-state index in [1.165, 1.54) is 5.56 Å². The standard InChI is InChI=1S/C15H22BrNO2/c1-14(2,3)15(18,9-17)8-11-7-12(16)6-10-4-5-19-13(10)11/h6-7,18H,4-5,8-9,17H2,1-3H3. The van der Waals surface area contributed by atoms with Crippen molar-refractivity contribution in [1.82, 2.24) is 0 Å². The number of benzene rings is 1. The van der Waals surface area contributed by atoms with Gasteiger partial charge in [-0.3, -0.25) is 0 Å². The fourth-order valence-corrected chi connectivity index (χ4v) is 2.99. The Balaban J connectivity index is 2.38. The van der Waals surface area contributed by atoms with Crippen molar-refractivity contribution < 1.29 is 9.84 Å². The highest BCUT2D eigenvalue weighted by atomic mass is 79.9. The monoisotopic (exact) mass is 327 g/mol. The van der Waals surface area contributed by atoms with E-state index < -0.39 is 5.60 Å². The molecule has 0 fully saturated rings. The zero-order chi connectivity index (χ0) is 14.3. The normalized spacial score (nSPS) is 17.8. The first kappa shape index (κ1) is 14.8. The van der Waals surface area contributed by atoms with E-state index in [0.29, 0.717) is 6.42 Å². The van der Waals surface area contributed by atoms with Gasteiger partial charge in [0.2, 0.25) is 0 Å². The highest BCUT2D eigenvalue weighted by molar-refractivity contribution is 9.10. The van der Waals surface area contributed by atoms with Crippen molar-refractivity contribution in [3.8, 4) is 5.75 Å². The summed E-state index contributed by atoms with van der Waals surface area (Å²) in [6.07, 6.45) is 1.44. The topological polar surface area (TPSA) is 55.5 Å². The van der Waals surface area contributed by atoms with Gasteiger partial charge >= 0.3 is 0 Å². The maximum Gasteiger partial charge on any atom is 0.125 e. The van der Waals surface area contributed by atoms with E-state index in [1.54, 1.807) is 0 Å². The van der Waals surface area contributed by atoms with Crippen LogP contribution < -0.4 is 10.5 Å². The van der Waals surface area contributed by atoms with E-state index in [-0.39, 0.29) is 12.0 Å². The summed E-state index contributed by atoms with van der Waals surface area (Å²) in [6.45, 7) is 6.99. The summed E-state index contributed by atoms with van der Waals surface area (Å²) < 4.78 is 6.74. The highest BCUT2D eigenvalue weighted by Crippen LogP contribution is 2.39. The molecule has 0 spiro atoms. The quantitative estimate of drug-likeness (QED) is 0.897. The van der Waals surface area contributed by atoms with Gasteiger partial charge in [-0.05, 0) is 28.7 Å².